The molecular weight excluding hydrogens is 458 g/mol. The van der Waals surface area contributed by atoms with Crippen LogP contribution < -0.4 is 16.0 Å². The summed E-state index contributed by atoms with van der Waals surface area (Å²) in [6.07, 6.45) is 0.546. The van der Waals surface area contributed by atoms with Crippen LogP contribution in [0.2, 0.25) is 5.02 Å². The maximum Gasteiger partial charge on any atom is 0.408 e. The first-order chi connectivity index (χ1) is 15.7. The highest BCUT2D eigenvalue weighted by atomic mass is 35.5. The normalized spacial score (nSPS) is 11.2. The Labute approximate surface area is 210 Å². The van der Waals surface area contributed by atoms with Gasteiger partial charge in [-0.15, -0.1) is 0 Å². The Morgan fingerprint density at radius 2 is 1.65 bits per heavy atom. The van der Waals surface area contributed by atoms with Crippen LogP contribution in [0, 0.1) is 12.8 Å². The van der Waals surface area contributed by atoms with Crippen molar-refractivity contribution < 1.29 is 24.2 Å². The van der Waals surface area contributed by atoms with Gasteiger partial charge in [-0.05, 0) is 50.8 Å². The number of amides is 3. The highest BCUT2D eigenvalue weighted by molar-refractivity contribution is 6.31. The summed E-state index contributed by atoms with van der Waals surface area (Å²) >= 11 is 6.05. The second-order valence-electron chi connectivity index (χ2n) is 8.76. The largest absolute Gasteiger partial charge is 0.444 e. The predicted octanol–water partition coefficient (Wildman–Crippen LogP) is 5.19. The van der Waals surface area contributed by atoms with Crippen molar-refractivity contribution >= 4 is 35.2 Å². The molecule has 0 bridgehead atoms. The summed E-state index contributed by atoms with van der Waals surface area (Å²) in [5.41, 5.74) is 1.08. The molecule has 0 aliphatic heterocycles. The first kappa shape index (κ1) is 33.9. The Morgan fingerprint density at radius 1 is 1.12 bits per heavy atom. The van der Waals surface area contributed by atoms with Crippen LogP contribution in [-0.2, 0) is 20.9 Å². The zero-order valence-corrected chi connectivity index (χ0v) is 23.1. The fraction of sp³-hybridized carbons (Fsp3) is 0.640. The zero-order valence-electron chi connectivity index (χ0n) is 22.4. The van der Waals surface area contributed by atoms with E-state index in [9.17, 15) is 19.5 Å². The number of carbonyl (C=O) groups excluding carboxylic acids is 3. The number of hydrogen-bond donors (Lipinski definition) is 4. The minimum atomic E-state index is -0.849. The van der Waals surface area contributed by atoms with Gasteiger partial charge in [0.15, 0.2) is 0 Å². The Morgan fingerprint density at radius 3 is 2.09 bits per heavy atom. The zero-order chi connectivity index (χ0) is 27.1. The standard InChI is InChI=1S/C20H30ClN3O5.C3H8.C2H6/c1-11(2)17(24-19(28)29-20(4,5)6)18(27)22-9-16(26)23-15-8-14(21)13(10-25)7-12(15)3;1-3-2;1-2/h7-8,11,17,25H,9-10H2,1-6H3,(H,22,27)(H,23,26)(H,24,28);3H2,1-2H3;1-2H3. The quantitative estimate of drug-likeness (QED) is 0.410. The lowest BCUT2D eigenvalue weighted by Gasteiger charge is -2.25. The summed E-state index contributed by atoms with van der Waals surface area (Å²) in [5.74, 6) is -1.15. The molecule has 0 heterocycles. The van der Waals surface area contributed by atoms with E-state index in [4.69, 9.17) is 16.3 Å². The second-order valence-corrected chi connectivity index (χ2v) is 9.16. The number of anilines is 1. The average molecular weight is 502 g/mol. The molecular formula is C25H44ClN3O5. The van der Waals surface area contributed by atoms with Gasteiger partial charge in [-0.1, -0.05) is 65.6 Å². The molecule has 8 nitrogen and oxygen atoms in total. The van der Waals surface area contributed by atoms with Gasteiger partial charge in [-0.2, -0.15) is 0 Å². The topological polar surface area (TPSA) is 117 Å². The van der Waals surface area contributed by atoms with Crippen LogP contribution in [0.5, 0.6) is 0 Å². The summed E-state index contributed by atoms with van der Waals surface area (Å²) in [6.45, 7) is 18.3. The number of halogens is 1. The van der Waals surface area contributed by atoms with Crippen molar-refractivity contribution in [1.29, 1.82) is 0 Å². The SMILES string of the molecule is CC.CCC.Cc1cc(CO)c(Cl)cc1NC(=O)CNC(=O)C(NC(=O)OC(C)(C)C)C(C)C. The van der Waals surface area contributed by atoms with E-state index in [1.807, 2.05) is 13.8 Å². The van der Waals surface area contributed by atoms with Crippen molar-refractivity contribution in [3.05, 3.63) is 28.3 Å². The Balaban J connectivity index is 0. The van der Waals surface area contributed by atoms with Crippen LogP contribution in [0.25, 0.3) is 0 Å². The van der Waals surface area contributed by atoms with Crippen LogP contribution >= 0.6 is 11.6 Å². The van der Waals surface area contributed by atoms with Gasteiger partial charge in [0.2, 0.25) is 11.8 Å². The summed E-state index contributed by atoms with van der Waals surface area (Å²) in [5, 5.41) is 17.3. The lowest BCUT2D eigenvalue weighted by molar-refractivity contribution is -0.126. The second kappa shape index (κ2) is 17.2. The molecule has 0 spiro atoms. The number of aliphatic hydroxyl groups is 1. The molecule has 3 amide bonds. The fourth-order valence-corrected chi connectivity index (χ4v) is 2.66. The van der Waals surface area contributed by atoms with Crippen molar-refractivity contribution in [2.75, 3.05) is 11.9 Å². The number of hydrogen-bond acceptors (Lipinski definition) is 5. The number of rotatable bonds is 7. The van der Waals surface area contributed by atoms with Gasteiger partial charge in [0.1, 0.15) is 11.6 Å². The summed E-state index contributed by atoms with van der Waals surface area (Å²) in [7, 11) is 0. The van der Waals surface area contributed by atoms with Gasteiger partial charge in [0.05, 0.1) is 13.2 Å². The van der Waals surface area contributed by atoms with E-state index < -0.39 is 29.6 Å². The molecule has 0 saturated heterocycles. The highest BCUT2D eigenvalue weighted by Gasteiger charge is 2.27. The monoisotopic (exact) mass is 501 g/mol. The van der Waals surface area contributed by atoms with E-state index in [-0.39, 0.29) is 19.1 Å². The Kier molecular flexibility index (Phi) is 17.1. The third-order valence-electron chi connectivity index (χ3n) is 3.88. The van der Waals surface area contributed by atoms with Crippen molar-refractivity contribution in [2.45, 2.75) is 93.9 Å². The number of benzene rings is 1. The van der Waals surface area contributed by atoms with E-state index >= 15 is 0 Å². The molecule has 34 heavy (non-hydrogen) atoms. The number of ether oxygens (including phenoxy) is 1. The number of nitrogens with one attached hydrogen (secondary N) is 3. The number of aliphatic hydroxyl groups excluding tert-OH is 1. The van der Waals surface area contributed by atoms with Crippen molar-refractivity contribution in [1.82, 2.24) is 10.6 Å². The van der Waals surface area contributed by atoms with E-state index in [2.05, 4.69) is 29.8 Å². The third-order valence-corrected chi connectivity index (χ3v) is 4.23. The highest BCUT2D eigenvalue weighted by Crippen LogP contribution is 2.25. The molecule has 0 aromatic heterocycles. The third kappa shape index (κ3) is 14.1. The van der Waals surface area contributed by atoms with Gasteiger partial charge in [0, 0.05) is 10.7 Å². The maximum absolute atomic E-state index is 12.4. The van der Waals surface area contributed by atoms with Crippen molar-refractivity contribution in [3.63, 3.8) is 0 Å². The van der Waals surface area contributed by atoms with Gasteiger partial charge in [0.25, 0.3) is 0 Å². The molecule has 1 aromatic rings. The van der Waals surface area contributed by atoms with E-state index in [1.54, 1.807) is 53.7 Å². The van der Waals surface area contributed by atoms with Crippen LogP contribution in [0.4, 0.5) is 10.5 Å². The molecule has 0 saturated carbocycles. The van der Waals surface area contributed by atoms with Crippen LogP contribution in [0.3, 0.4) is 0 Å². The van der Waals surface area contributed by atoms with Crippen molar-refractivity contribution in [2.24, 2.45) is 5.92 Å². The first-order valence-electron chi connectivity index (χ1n) is 11.7. The number of alkyl carbamates (subject to hydrolysis) is 1. The molecule has 196 valence electrons. The summed E-state index contributed by atoms with van der Waals surface area (Å²) in [4.78, 5) is 36.6. The Hall–Kier alpha value is -2.32. The summed E-state index contributed by atoms with van der Waals surface area (Å²) in [6, 6.07) is 2.37. The van der Waals surface area contributed by atoms with Gasteiger partial charge >= 0.3 is 6.09 Å². The average Bonchev–Trinajstić information content (AvgIpc) is 2.73. The molecule has 1 rings (SSSR count). The van der Waals surface area contributed by atoms with E-state index in [0.717, 1.165) is 5.56 Å². The number of aryl methyl sites for hydroxylation is 1. The van der Waals surface area contributed by atoms with Crippen molar-refractivity contribution in [3.8, 4) is 0 Å². The molecule has 0 fully saturated rings. The number of carbonyl (C=O) groups is 3. The molecule has 0 aliphatic carbocycles. The fourth-order valence-electron chi connectivity index (χ4n) is 2.44. The molecule has 1 atom stereocenters. The van der Waals surface area contributed by atoms with Gasteiger partial charge in [-0.25, -0.2) is 4.79 Å². The van der Waals surface area contributed by atoms with Crippen LogP contribution in [0.15, 0.2) is 12.1 Å². The van der Waals surface area contributed by atoms with Crippen LogP contribution in [0.1, 0.15) is 79.9 Å². The lowest BCUT2D eigenvalue weighted by atomic mass is 10.0. The van der Waals surface area contributed by atoms with E-state index in [0.29, 0.717) is 16.3 Å². The maximum atomic E-state index is 12.4. The molecule has 1 unspecified atom stereocenters. The minimum Gasteiger partial charge on any atom is -0.444 e. The predicted molar refractivity (Wildman–Crippen MR) is 139 cm³/mol. The minimum absolute atomic E-state index is 0.203. The molecule has 4 N–H and O–H groups in total. The molecule has 1 aromatic carbocycles. The smallest absolute Gasteiger partial charge is 0.408 e. The Bertz CT molecular complexity index is 777. The molecule has 9 heteroatoms. The van der Waals surface area contributed by atoms with E-state index in [1.165, 1.54) is 6.42 Å². The van der Waals surface area contributed by atoms with Crippen LogP contribution in [-0.4, -0.2) is 41.2 Å². The van der Waals surface area contributed by atoms with Gasteiger partial charge < -0.3 is 25.8 Å². The summed E-state index contributed by atoms with van der Waals surface area (Å²) < 4.78 is 5.18. The lowest BCUT2D eigenvalue weighted by Crippen LogP contribution is -2.52. The molecule has 0 radical (unpaired) electrons. The van der Waals surface area contributed by atoms with Gasteiger partial charge in [-0.3, -0.25) is 9.59 Å². The first-order valence-corrected chi connectivity index (χ1v) is 12.1. The molecule has 0 aliphatic rings.